The molecule has 0 aromatic heterocycles. The highest BCUT2D eigenvalue weighted by Crippen LogP contribution is 2.28. The Kier molecular flexibility index (Phi) is 4.26. The van der Waals surface area contributed by atoms with Crippen LogP contribution in [-0.2, 0) is 6.42 Å². The molecule has 0 saturated heterocycles. The molecule has 25 heavy (non-hydrogen) atoms. The van der Waals surface area contributed by atoms with E-state index in [0.29, 0.717) is 5.56 Å². The van der Waals surface area contributed by atoms with E-state index in [4.69, 9.17) is 25.2 Å². The molecule has 0 aliphatic carbocycles. The predicted octanol–water partition coefficient (Wildman–Crippen LogP) is 4.16. The summed E-state index contributed by atoms with van der Waals surface area (Å²) in [6.45, 7) is -1.27. The third-order valence-electron chi connectivity index (χ3n) is 3.53. The Balaban J connectivity index is 2.09. The van der Waals surface area contributed by atoms with Gasteiger partial charge in [0.2, 0.25) is 0 Å². The summed E-state index contributed by atoms with van der Waals surface area (Å²) in [5.41, 5.74) is 1.40. The minimum Gasteiger partial charge on any atom is -0.493 e. The van der Waals surface area contributed by atoms with E-state index < -0.39 is 26.0 Å². The number of rotatable bonds is 10. The first-order valence-electron chi connectivity index (χ1n) is 11.9. The fourth-order valence-electron chi connectivity index (χ4n) is 2.28. The number of aryl methyl sites for hydroxylation is 2. The Bertz CT molecular complexity index is 944. The van der Waals surface area contributed by atoms with Crippen LogP contribution in [0.25, 0.3) is 0 Å². The predicted molar refractivity (Wildman–Crippen MR) is 99.8 cm³/mol. The van der Waals surface area contributed by atoms with Gasteiger partial charge in [-0.2, -0.15) is 0 Å². The third kappa shape index (κ3) is 6.31. The van der Waals surface area contributed by atoms with Crippen LogP contribution in [0.2, 0.25) is 0 Å². The van der Waals surface area contributed by atoms with Gasteiger partial charge in [0.25, 0.3) is 0 Å². The molecular formula is C21H28O4. The molecule has 2 aromatic rings. The second-order valence-corrected chi connectivity index (χ2v) is 5.49. The van der Waals surface area contributed by atoms with Gasteiger partial charge in [-0.15, -0.1) is 0 Å². The van der Waals surface area contributed by atoms with Crippen LogP contribution in [0, 0.1) is 6.92 Å². The van der Waals surface area contributed by atoms with Crippen molar-refractivity contribution in [2.24, 2.45) is 0 Å². The molecule has 0 amide bonds. The number of benzene rings is 2. The standard InChI is InChI=1S/C21H28O4/c1-16-7-6-10-19(13-16)25-15-18(22)9-5-4-8-17-11-12-20(23-2)21(14-17)24-3/h6-7,10-14,18,22H,4-5,8-9,15H2,1-3H3/i3D3,9D2,15D2,18D. The van der Waals surface area contributed by atoms with Crippen LogP contribution < -0.4 is 14.2 Å². The van der Waals surface area contributed by atoms with E-state index in [1.54, 1.807) is 25.1 Å². The molecule has 0 bridgehead atoms. The normalized spacial score (nSPS) is 19.5. The summed E-state index contributed by atoms with van der Waals surface area (Å²) in [7, 11) is -1.30. The highest BCUT2D eigenvalue weighted by atomic mass is 16.5. The maximum Gasteiger partial charge on any atom is 0.160 e. The zero-order chi connectivity index (χ0) is 25.1. The van der Waals surface area contributed by atoms with Crippen molar-refractivity contribution in [3.63, 3.8) is 0 Å². The molecule has 136 valence electrons. The molecule has 0 spiro atoms. The molecule has 1 N–H and O–H groups in total. The van der Waals surface area contributed by atoms with Gasteiger partial charge >= 0.3 is 0 Å². The second-order valence-electron chi connectivity index (χ2n) is 5.49. The molecule has 0 radical (unpaired) electrons. The van der Waals surface area contributed by atoms with Crippen LogP contribution in [-0.4, -0.2) is 31.9 Å². The van der Waals surface area contributed by atoms with Gasteiger partial charge in [-0.3, -0.25) is 0 Å². The fraction of sp³-hybridized carbons (Fsp3) is 0.429. The first-order valence-corrected chi connectivity index (χ1v) is 7.92. The highest BCUT2D eigenvalue weighted by molar-refractivity contribution is 5.42. The summed E-state index contributed by atoms with van der Waals surface area (Å²) in [5.74, 6) is 0.312. The molecular weight excluding hydrogens is 316 g/mol. The summed E-state index contributed by atoms with van der Waals surface area (Å²) < 4.78 is 77.5. The van der Waals surface area contributed by atoms with Crippen molar-refractivity contribution in [1.29, 1.82) is 0 Å². The van der Waals surface area contributed by atoms with Gasteiger partial charge in [0, 0.05) is 2.74 Å². The largest absolute Gasteiger partial charge is 0.493 e. The average Bonchev–Trinajstić information content (AvgIpc) is 2.66. The molecule has 0 saturated carbocycles. The van der Waals surface area contributed by atoms with Gasteiger partial charge < -0.3 is 19.3 Å². The molecule has 2 rings (SSSR count). The minimum atomic E-state index is -3.21. The number of ether oxygens (including phenoxy) is 3. The van der Waals surface area contributed by atoms with Crippen LogP contribution >= 0.6 is 0 Å². The van der Waals surface area contributed by atoms with Gasteiger partial charge in [-0.25, -0.2) is 0 Å². The van der Waals surface area contributed by atoms with Crippen LogP contribution in [0.15, 0.2) is 42.5 Å². The quantitative estimate of drug-likeness (QED) is 0.697. The van der Waals surface area contributed by atoms with E-state index in [-0.39, 0.29) is 36.5 Å². The molecule has 1 unspecified atom stereocenters. The van der Waals surface area contributed by atoms with Crippen LogP contribution in [0.4, 0.5) is 0 Å². The molecule has 2 aromatic carbocycles. The second kappa shape index (κ2) is 9.94. The maximum absolute atomic E-state index is 10.5. The Hall–Kier alpha value is -2.20. The zero-order valence-corrected chi connectivity index (χ0v) is 14.3. The number of hydrogen-bond acceptors (Lipinski definition) is 4. The first-order chi connectivity index (χ1) is 15.1. The molecule has 0 fully saturated rings. The van der Waals surface area contributed by atoms with Crippen molar-refractivity contribution >= 4 is 0 Å². The van der Waals surface area contributed by atoms with Crippen LogP contribution in [0.3, 0.4) is 0 Å². The summed E-state index contributed by atoms with van der Waals surface area (Å²) in [4.78, 5) is 0. The lowest BCUT2D eigenvalue weighted by Gasteiger charge is -2.13. The minimum absolute atomic E-state index is 0.0119. The van der Waals surface area contributed by atoms with Crippen molar-refractivity contribution in [3.05, 3.63) is 53.6 Å². The zero-order valence-electron chi connectivity index (χ0n) is 22.3. The first kappa shape index (κ1) is 10.7. The lowest BCUT2D eigenvalue weighted by atomic mass is 10.0. The number of hydrogen-bond donors (Lipinski definition) is 1. The molecule has 0 heterocycles. The van der Waals surface area contributed by atoms with Gasteiger partial charge in [-0.05, 0) is 61.5 Å². The molecule has 0 aliphatic rings. The smallest absolute Gasteiger partial charge is 0.160 e. The van der Waals surface area contributed by atoms with Crippen LogP contribution in [0.5, 0.6) is 17.2 Å². The Morgan fingerprint density at radius 2 is 2.04 bits per heavy atom. The topological polar surface area (TPSA) is 47.9 Å². The molecule has 4 nitrogen and oxygen atoms in total. The van der Waals surface area contributed by atoms with E-state index in [9.17, 15) is 5.11 Å². The van der Waals surface area contributed by atoms with Crippen molar-refractivity contribution < 1.29 is 30.3 Å². The van der Waals surface area contributed by atoms with Gasteiger partial charge in [0.15, 0.2) is 11.5 Å². The van der Waals surface area contributed by atoms with E-state index >= 15 is 0 Å². The van der Waals surface area contributed by atoms with Crippen molar-refractivity contribution in [2.75, 3.05) is 20.7 Å². The third-order valence-corrected chi connectivity index (χ3v) is 3.53. The van der Waals surface area contributed by atoms with E-state index in [2.05, 4.69) is 0 Å². The van der Waals surface area contributed by atoms with E-state index in [0.717, 1.165) is 5.56 Å². The summed E-state index contributed by atoms with van der Waals surface area (Å²) >= 11 is 0. The highest BCUT2D eigenvalue weighted by Gasteiger charge is 2.07. The average molecular weight is 352 g/mol. The summed E-state index contributed by atoms with van der Waals surface area (Å²) in [6, 6.07) is 11.0. The van der Waals surface area contributed by atoms with Gasteiger partial charge in [0.05, 0.1) is 28.5 Å². The fourth-order valence-corrected chi connectivity index (χ4v) is 2.28. The number of methoxy groups -OCH3 is 2. The van der Waals surface area contributed by atoms with E-state index in [1.807, 2.05) is 0 Å². The molecule has 4 heteroatoms. The Morgan fingerprint density at radius 1 is 1.16 bits per heavy atom. The SMILES string of the molecule is [2H]C([2H])([2H])Oc1cc(CCCC([2H])([2H])C([2H])(O)C([2H])([2H])Oc2cccc(C)c2)ccc1OC. The Labute approximate surface area is 161 Å². The van der Waals surface area contributed by atoms with Gasteiger partial charge in [-0.1, -0.05) is 24.6 Å². The number of aliphatic hydroxyl groups is 1. The van der Waals surface area contributed by atoms with Crippen LogP contribution in [0.1, 0.15) is 41.3 Å². The van der Waals surface area contributed by atoms with Crippen molar-refractivity contribution in [1.82, 2.24) is 0 Å². The lowest BCUT2D eigenvalue weighted by molar-refractivity contribution is 0.0976. The lowest BCUT2D eigenvalue weighted by Crippen LogP contribution is -2.17. The molecule has 1 atom stereocenters. The van der Waals surface area contributed by atoms with E-state index in [1.165, 1.54) is 31.4 Å². The summed E-state index contributed by atoms with van der Waals surface area (Å²) in [6.07, 6.45) is -5.83. The monoisotopic (exact) mass is 352 g/mol. The summed E-state index contributed by atoms with van der Waals surface area (Å²) in [5, 5.41) is 10.5. The molecule has 0 aliphatic heterocycles. The van der Waals surface area contributed by atoms with Crippen molar-refractivity contribution in [3.8, 4) is 17.2 Å². The van der Waals surface area contributed by atoms with Crippen molar-refractivity contribution in [2.45, 2.75) is 38.6 Å². The Morgan fingerprint density at radius 3 is 2.80 bits per heavy atom. The maximum atomic E-state index is 10.5. The van der Waals surface area contributed by atoms with Gasteiger partial charge in [0.1, 0.15) is 12.3 Å².